The quantitative estimate of drug-likeness (QED) is 0.727. The molecule has 1 aromatic carbocycles. The third-order valence-electron chi connectivity index (χ3n) is 5.65. The number of alkyl halides is 3. The van der Waals surface area contributed by atoms with Crippen molar-refractivity contribution in [3.63, 3.8) is 0 Å². The number of carbonyl (C=O) groups excluding carboxylic acids is 1. The van der Waals surface area contributed by atoms with E-state index in [1.165, 1.54) is 11.0 Å². The van der Waals surface area contributed by atoms with Gasteiger partial charge in [-0.15, -0.1) is 0 Å². The van der Waals surface area contributed by atoms with Gasteiger partial charge in [-0.1, -0.05) is 12.1 Å². The second-order valence-corrected chi connectivity index (χ2v) is 7.51. The first-order chi connectivity index (χ1) is 12.7. The normalized spacial score (nSPS) is 22.4. The molecule has 8 heteroatoms. The van der Waals surface area contributed by atoms with Crippen molar-refractivity contribution in [1.29, 1.82) is 0 Å². The molecule has 0 saturated carbocycles. The molecule has 2 saturated heterocycles. The van der Waals surface area contributed by atoms with Gasteiger partial charge in [0.1, 0.15) is 6.42 Å². The van der Waals surface area contributed by atoms with Crippen molar-refractivity contribution in [3.05, 3.63) is 35.4 Å². The lowest BCUT2D eigenvalue weighted by atomic mass is 9.83. The number of rotatable bonds is 4. The Hall–Kier alpha value is -1.70. The summed E-state index contributed by atoms with van der Waals surface area (Å²) in [4.78, 5) is 15.1. The van der Waals surface area contributed by atoms with E-state index in [9.17, 15) is 26.7 Å². The van der Waals surface area contributed by atoms with E-state index >= 15 is 0 Å². The topological polar surface area (TPSA) is 23.6 Å². The zero-order valence-electron chi connectivity index (χ0n) is 14.9. The number of benzene rings is 1. The molecule has 1 amide bonds. The van der Waals surface area contributed by atoms with Gasteiger partial charge in [0.2, 0.25) is 5.91 Å². The van der Waals surface area contributed by atoms with Crippen molar-refractivity contribution in [2.45, 2.75) is 38.4 Å². The number of nitrogens with zero attached hydrogens (tertiary/aromatic N) is 2. The van der Waals surface area contributed by atoms with E-state index in [1.807, 2.05) is 0 Å². The van der Waals surface area contributed by atoms with Gasteiger partial charge in [-0.05, 0) is 50.3 Å². The van der Waals surface area contributed by atoms with Crippen LogP contribution in [0.15, 0.2) is 18.2 Å². The maximum absolute atomic E-state index is 13.8. The summed E-state index contributed by atoms with van der Waals surface area (Å²) in [5.41, 5.74) is 0.332. The zero-order chi connectivity index (χ0) is 19.6. The molecule has 0 radical (unpaired) electrons. The van der Waals surface area contributed by atoms with Crippen LogP contribution in [-0.2, 0) is 11.3 Å². The van der Waals surface area contributed by atoms with Crippen molar-refractivity contribution in [2.24, 2.45) is 11.8 Å². The van der Waals surface area contributed by atoms with E-state index in [2.05, 4.69) is 4.90 Å². The van der Waals surface area contributed by atoms with Gasteiger partial charge in [-0.2, -0.15) is 13.2 Å². The van der Waals surface area contributed by atoms with E-state index in [4.69, 9.17) is 0 Å². The molecule has 1 atom stereocenters. The molecule has 0 bridgehead atoms. The summed E-state index contributed by atoms with van der Waals surface area (Å²) < 4.78 is 64.3. The number of piperidine rings is 1. The van der Waals surface area contributed by atoms with Gasteiger partial charge in [0, 0.05) is 25.2 Å². The molecule has 0 aromatic heterocycles. The van der Waals surface area contributed by atoms with Crippen LogP contribution in [0, 0.1) is 23.5 Å². The van der Waals surface area contributed by atoms with Gasteiger partial charge >= 0.3 is 6.18 Å². The Balaban J connectivity index is 1.47. The highest BCUT2D eigenvalue weighted by Gasteiger charge is 2.38. The Morgan fingerprint density at radius 3 is 2.37 bits per heavy atom. The summed E-state index contributed by atoms with van der Waals surface area (Å²) in [7, 11) is 0. The molecule has 2 aliphatic heterocycles. The summed E-state index contributed by atoms with van der Waals surface area (Å²) in [5, 5.41) is 0. The second kappa shape index (κ2) is 8.12. The summed E-state index contributed by atoms with van der Waals surface area (Å²) in [6.45, 7) is 2.57. The molecule has 0 spiro atoms. The van der Waals surface area contributed by atoms with Crippen LogP contribution in [0.5, 0.6) is 0 Å². The average Bonchev–Trinajstić information content (AvgIpc) is 3.08. The number of carbonyl (C=O) groups is 1. The average molecular weight is 390 g/mol. The lowest BCUT2D eigenvalue weighted by Crippen LogP contribution is -2.37. The standard InChI is InChI=1S/C19H23F5N2O/c20-16-3-1-2-15(18(16)21)11-25-7-4-13(5-8-25)14-6-9-26(12-14)17(27)10-19(22,23)24/h1-3,13-14H,4-12H2/t14-/m0/s1. The zero-order valence-corrected chi connectivity index (χ0v) is 14.9. The molecule has 2 fully saturated rings. The fourth-order valence-corrected chi connectivity index (χ4v) is 4.18. The van der Waals surface area contributed by atoms with Crippen LogP contribution in [0.3, 0.4) is 0 Å². The van der Waals surface area contributed by atoms with E-state index in [0.29, 0.717) is 31.1 Å². The Kier molecular flexibility index (Phi) is 6.03. The predicted octanol–water partition coefficient (Wildman–Crippen LogP) is 3.98. The molecule has 2 aliphatic rings. The lowest BCUT2D eigenvalue weighted by molar-refractivity contribution is -0.160. The molecule has 3 rings (SSSR count). The Morgan fingerprint density at radius 2 is 1.70 bits per heavy atom. The van der Waals surface area contributed by atoms with Crippen molar-refractivity contribution in [1.82, 2.24) is 9.80 Å². The molecular weight excluding hydrogens is 367 g/mol. The third-order valence-corrected chi connectivity index (χ3v) is 5.65. The maximum Gasteiger partial charge on any atom is 0.397 e. The summed E-state index contributed by atoms with van der Waals surface area (Å²) in [6, 6.07) is 4.16. The van der Waals surface area contributed by atoms with Gasteiger partial charge in [-0.25, -0.2) is 8.78 Å². The SMILES string of the molecule is O=C(CC(F)(F)F)N1CC[C@H](C2CCN(Cc3cccc(F)c3F)CC2)C1. The lowest BCUT2D eigenvalue weighted by Gasteiger charge is -2.35. The fourth-order valence-electron chi connectivity index (χ4n) is 4.18. The highest BCUT2D eigenvalue weighted by molar-refractivity contribution is 5.77. The van der Waals surface area contributed by atoms with Crippen LogP contribution in [0.2, 0.25) is 0 Å². The van der Waals surface area contributed by atoms with Gasteiger partial charge in [0.25, 0.3) is 0 Å². The van der Waals surface area contributed by atoms with Gasteiger partial charge in [-0.3, -0.25) is 9.69 Å². The predicted molar refractivity (Wildman–Crippen MR) is 89.7 cm³/mol. The number of amides is 1. The molecular formula is C19H23F5N2O. The van der Waals surface area contributed by atoms with Gasteiger partial charge < -0.3 is 4.90 Å². The molecule has 1 aromatic rings. The number of likely N-dealkylation sites (tertiary alicyclic amines) is 2. The minimum Gasteiger partial charge on any atom is -0.342 e. The number of hydrogen-bond donors (Lipinski definition) is 0. The molecule has 27 heavy (non-hydrogen) atoms. The molecule has 0 N–H and O–H groups in total. The number of hydrogen-bond acceptors (Lipinski definition) is 2. The summed E-state index contributed by atoms with van der Waals surface area (Å²) in [5.74, 6) is -1.94. The van der Waals surface area contributed by atoms with Crippen LogP contribution >= 0.6 is 0 Å². The molecule has 2 heterocycles. The highest BCUT2D eigenvalue weighted by Crippen LogP contribution is 2.33. The first-order valence-corrected chi connectivity index (χ1v) is 9.22. The smallest absolute Gasteiger partial charge is 0.342 e. The van der Waals surface area contributed by atoms with E-state index in [0.717, 1.165) is 38.4 Å². The molecule has 0 unspecified atom stereocenters. The highest BCUT2D eigenvalue weighted by atomic mass is 19.4. The van der Waals surface area contributed by atoms with Crippen molar-refractivity contribution < 1.29 is 26.7 Å². The van der Waals surface area contributed by atoms with Crippen LogP contribution < -0.4 is 0 Å². The van der Waals surface area contributed by atoms with Crippen molar-refractivity contribution >= 4 is 5.91 Å². The van der Waals surface area contributed by atoms with Crippen molar-refractivity contribution in [3.8, 4) is 0 Å². The summed E-state index contributed by atoms with van der Waals surface area (Å²) >= 11 is 0. The van der Waals surface area contributed by atoms with Crippen LogP contribution in [0.4, 0.5) is 22.0 Å². The Morgan fingerprint density at radius 1 is 1.04 bits per heavy atom. The summed E-state index contributed by atoms with van der Waals surface area (Å²) in [6.07, 6.45) is -3.43. The molecule has 0 aliphatic carbocycles. The third kappa shape index (κ3) is 5.18. The molecule has 150 valence electrons. The largest absolute Gasteiger partial charge is 0.397 e. The van der Waals surface area contributed by atoms with E-state index in [1.54, 1.807) is 6.07 Å². The van der Waals surface area contributed by atoms with E-state index < -0.39 is 30.1 Å². The molecule has 3 nitrogen and oxygen atoms in total. The van der Waals surface area contributed by atoms with Gasteiger partial charge in [0.15, 0.2) is 11.6 Å². The Labute approximate surface area is 155 Å². The van der Waals surface area contributed by atoms with E-state index in [-0.39, 0.29) is 5.92 Å². The first-order valence-electron chi connectivity index (χ1n) is 9.22. The second-order valence-electron chi connectivity index (χ2n) is 7.51. The minimum atomic E-state index is -4.47. The number of halogens is 5. The minimum absolute atomic E-state index is 0.218. The van der Waals surface area contributed by atoms with Crippen LogP contribution in [0.25, 0.3) is 0 Å². The van der Waals surface area contributed by atoms with Crippen LogP contribution in [0.1, 0.15) is 31.2 Å². The fraction of sp³-hybridized carbons (Fsp3) is 0.632. The Bertz CT molecular complexity index is 671. The van der Waals surface area contributed by atoms with Crippen LogP contribution in [-0.4, -0.2) is 48.1 Å². The first kappa shape index (κ1) is 20.0. The monoisotopic (exact) mass is 390 g/mol. The maximum atomic E-state index is 13.8. The van der Waals surface area contributed by atoms with Gasteiger partial charge in [0.05, 0.1) is 0 Å². The van der Waals surface area contributed by atoms with Crippen molar-refractivity contribution in [2.75, 3.05) is 26.2 Å².